The summed E-state index contributed by atoms with van der Waals surface area (Å²) in [6, 6.07) is 17.7. The second kappa shape index (κ2) is 11.6. The Kier molecular flexibility index (Phi) is 8.39. The fraction of sp³-hybridized carbons (Fsp3) is 0.280. The third-order valence-corrected chi connectivity index (χ3v) is 5.18. The number of amides is 1. The average molecular weight is 464 g/mol. The van der Waals surface area contributed by atoms with Crippen molar-refractivity contribution in [1.82, 2.24) is 14.9 Å². The first-order chi connectivity index (χ1) is 16.3. The lowest BCUT2D eigenvalue weighted by atomic mass is 10.0. The number of nitrogens with zero attached hydrogens (tertiary/aromatic N) is 3. The number of carbonyl (C=O) groups excluding carboxylic acids is 1. The number of carboxylic acids is 1. The van der Waals surface area contributed by atoms with E-state index in [1.165, 1.54) is 16.8 Å². The molecule has 0 bridgehead atoms. The summed E-state index contributed by atoms with van der Waals surface area (Å²) in [4.78, 5) is 33.2. The van der Waals surface area contributed by atoms with Crippen LogP contribution in [0.5, 0.6) is 5.75 Å². The molecule has 34 heavy (non-hydrogen) atoms. The van der Waals surface area contributed by atoms with Gasteiger partial charge in [0.1, 0.15) is 29.8 Å². The number of carboxylic acid groups (broad SMARTS) is 1. The van der Waals surface area contributed by atoms with E-state index in [-0.39, 0.29) is 12.3 Å². The maximum atomic E-state index is 11.9. The molecule has 0 spiro atoms. The van der Waals surface area contributed by atoms with Crippen LogP contribution in [0, 0.1) is 0 Å². The van der Waals surface area contributed by atoms with Crippen molar-refractivity contribution in [2.24, 2.45) is 0 Å². The summed E-state index contributed by atoms with van der Waals surface area (Å²) in [6.45, 7) is 2.80. The summed E-state index contributed by atoms with van der Waals surface area (Å²) in [6.07, 6.45) is 1.13. The molecule has 2 atom stereocenters. The third-order valence-electron chi connectivity index (χ3n) is 5.18. The van der Waals surface area contributed by atoms with E-state index in [2.05, 4.69) is 39.7 Å². The van der Waals surface area contributed by atoms with E-state index >= 15 is 0 Å². The minimum atomic E-state index is -1.01. The third kappa shape index (κ3) is 7.19. The van der Waals surface area contributed by atoms with Crippen molar-refractivity contribution in [2.45, 2.75) is 25.3 Å². The molecule has 0 saturated carbocycles. The molecule has 0 saturated heterocycles. The van der Waals surface area contributed by atoms with Crippen LogP contribution in [-0.4, -0.2) is 58.7 Å². The molecule has 3 rings (SSSR count). The number of rotatable bonds is 10. The summed E-state index contributed by atoms with van der Waals surface area (Å²) < 4.78 is 5.19. The van der Waals surface area contributed by atoms with Crippen molar-refractivity contribution >= 4 is 23.7 Å². The van der Waals surface area contributed by atoms with Crippen LogP contribution in [0.1, 0.15) is 24.0 Å². The van der Waals surface area contributed by atoms with Crippen LogP contribution in [-0.2, 0) is 11.2 Å². The topological polar surface area (TPSA) is 117 Å². The van der Waals surface area contributed by atoms with Gasteiger partial charge in [-0.2, -0.15) is 0 Å². The number of aromatic nitrogens is 2. The Hall–Kier alpha value is -4.14. The van der Waals surface area contributed by atoms with E-state index in [1.54, 1.807) is 44.4 Å². The van der Waals surface area contributed by atoms with Crippen LogP contribution in [0.4, 0.5) is 16.4 Å². The summed E-state index contributed by atoms with van der Waals surface area (Å²) in [5.41, 5.74) is 1.99. The predicted molar refractivity (Wildman–Crippen MR) is 130 cm³/mol. The number of hydrogen-bond donors (Lipinski definition) is 3. The van der Waals surface area contributed by atoms with Gasteiger partial charge in [-0.3, -0.25) is 0 Å². The number of anilines is 2. The van der Waals surface area contributed by atoms with Gasteiger partial charge in [-0.1, -0.05) is 49.4 Å². The van der Waals surface area contributed by atoms with Gasteiger partial charge in [-0.15, -0.1) is 0 Å². The van der Waals surface area contributed by atoms with Crippen molar-refractivity contribution in [1.29, 1.82) is 0 Å². The van der Waals surface area contributed by atoms with Crippen molar-refractivity contribution in [3.8, 4) is 5.75 Å². The second-order valence-corrected chi connectivity index (χ2v) is 8.13. The largest absolute Gasteiger partial charge is 0.480 e. The molecule has 3 N–H and O–H groups in total. The van der Waals surface area contributed by atoms with Crippen molar-refractivity contribution in [2.75, 3.05) is 31.3 Å². The number of carbonyl (C=O) groups is 2. The maximum Gasteiger partial charge on any atom is 0.414 e. The fourth-order valence-electron chi connectivity index (χ4n) is 3.19. The van der Waals surface area contributed by atoms with Crippen LogP contribution in [0.25, 0.3) is 0 Å². The average Bonchev–Trinajstić information content (AvgIpc) is 2.84. The smallest absolute Gasteiger partial charge is 0.414 e. The van der Waals surface area contributed by atoms with Crippen LogP contribution >= 0.6 is 0 Å². The molecule has 1 unspecified atom stereocenters. The number of benzene rings is 2. The van der Waals surface area contributed by atoms with Gasteiger partial charge in [-0.05, 0) is 29.2 Å². The van der Waals surface area contributed by atoms with Crippen LogP contribution in [0.3, 0.4) is 0 Å². The lowest BCUT2D eigenvalue weighted by molar-refractivity contribution is -0.137. The molecule has 178 valence electrons. The predicted octanol–water partition coefficient (Wildman–Crippen LogP) is 3.86. The summed E-state index contributed by atoms with van der Waals surface area (Å²) in [5, 5.41) is 16.0. The summed E-state index contributed by atoms with van der Waals surface area (Å²) >= 11 is 0. The zero-order valence-corrected chi connectivity index (χ0v) is 19.4. The first-order valence-electron chi connectivity index (χ1n) is 10.9. The number of ether oxygens (including phenoxy) is 1. The van der Waals surface area contributed by atoms with E-state index in [4.69, 9.17) is 4.74 Å². The molecule has 2 aromatic carbocycles. The van der Waals surface area contributed by atoms with Crippen molar-refractivity contribution < 1.29 is 19.4 Å². The van der Waals surface area contributed by atoms with Gasteiger partial charge < -0.3 is 25.4 Å². The van der Waals surface area contributed by atoms with Gasteiger partial charge in [0.25, 0.3) is 0 Å². The monoisotopic (exact) mass is 463 g/mol. The maximum absolute atomic E-state index is 11.9. The highest BCUT2D eigenvalue weighted by atomic mass is 16.6. The van der Waals surface area contributed by atoms with Crippen LogP contribution in [0.2, 0.25) is 0 Å². The lowest BCUT2D eigenvalue weighted by Gasteiger charge is -2.17. The highest BCUT2D eigenvalue weighted by Gasteiger charge is 2.19. The number of hydrogen-bond acceptors (Lipinski definition) is 7. The van der Waals surface area contributed by atoms with Gasteiger partial charge in [0.2, 0.25) is 0 Å². The van der Waals surface area contributed by atoms with Gasteiger partial charge in [0, 0.05) is 33.1 Å². The fourth-order valence-corrected chi connectivity index (χ4v) is 3.19. The molecule has 3 aromatic rings. The SMILES string of the molecule is CC(CNc1cc(N[C@@H](Cc2ccc(OC(=O)N(C)C)cc2)C(=O)O)ncn1)c1ccccc1. The molecule has 0 fully saturated rings. The quantitative estimate of drug-likeness (QED) is 0.415. The molecule has 0 aliphatic heterocycles. The molecule has 0 radical (unpaired) electrons. The Morgan fingerprint density at radius 2 is 1.71 bits per heavy atom. The molecule has 1 amide bonds. The zero-order valence-electron chi connectivity index (χ0n) is 19.4. The van der Waals surface area contributed by atoms with Gasteiger partial charge >= 0.3 is 12.1 Å². The van der Waals surface area contributed by atoms with Crippen molar-refractivity contribution in [3.05, 3.63) is 78.1 Å². The standard InChI is InChI=1S/C25H29N5O4/c1-17(19-7-5-4-6-8-19)15-26-22-14-23(28-16-27-22)29-21(24(31)32)13-18-9-11-20(12-10-18)34-25(33)30(2)3/h4-12,14,16-17,21H,13,15H2,1-3H3,(H,31,32)(H2,26,27,28,29)/t17?,21-/m0/s1. The molecule has 0 aliphatic rings. The second-order valence-electron chi connectivity index (χ2n) is 8.13. The minimum Gasteiger partial charge on any atom is -0.480 e. The van der Waals surface area contributed by atoms with E-state index in [9.17, 15) is 14.7 Å². The highest BCUT2D eigenvalue weighted by Crippen LogP contribution is 2.18. The highest BCUT2D eigenvalue weighted by molar-refractivity contribution is 5.77. The minimum absolute atomic E-state index is 0.217. The van der Waals surface area contributed by atoms with E-state index < -0.39 is 18.1 Å². The molecular formula is C25H29N5O4. The molecular weight excluding hydrogens is 434 g/mol. The zero-order chi connectivity index (χ0) is 24.5. The van der Waals surface area contributed by atoms with E-state index in [1.807, 2.05) is 18.2 Å². The Morgan fingerprint density at radius 3 is 2.35 bits per heavy atom. The molecule has 1 aromatic heterocycles. The van der Waals surface area contributed by atoms with Gasteiger partial charge in [0.15, 0.2) is 0 Å². The normalized spacial score (nSPS) is 12.3. The first kappa shape index (κ1) is 24.5. The molecule has 9 nitrogen and oxygen atoms in total. The van der Waals surface area contributed by atoms with E-state index in [0.717, 1.165) is 5.56 Å². The summed E-state index contributed by atoms with van der Waals surface area (Å²) in [7, 11) is 3.19. The van der Waals surface area contributed by atoms with E-state index in [0.29, 0.717) is 23.9 Å². The van der Waals surface area contributed by atoms with Gasteiger partial charge in [0.05, 0.1) is 0 Å². The summed E-state index contributed by atoms with van der Waals surface area (Å²) in [5.74, 6) is 0.678. The Bertz CT molecular complexity index is 1090. The lowest BCUT2D eigenvalue weighted by Crippen LogP contribution is -2.32. The Morgan fingerprint density at radius 1 is 1.03 bits per heavy atom. The molecule has 1 heterocycles. The van der Waals surface area contributed by atoms with Crippen LogP contribution < -0.4 is 15.4 Å². The molecule has 9 heteroatoms. The number of nitrogens with one attached hydrogen (secondary N) is 2. The Labute approximate surface area is 198 Å². The first-order valence-corrected chi connectivity index (χ1v) is 10.9. The Balaban J connectivity index is 1.60. The van der Waals surface area contributed by atoms with Crippen molar-refractivity contribution in [3.63, 3.8) is 0 Å². The van der Waals surface area contributed by atoms with Gasteiger partial charge in [-0.25, -0.2) is 19.6 Å². The molecule has 0 aliphatic carbocycles. The number of aliphatic carboxylic acids is 1. The van der Waals surface area contributed by atoms with Crippen LogP contribution in [0.15, 0.2) is 67.0 Å².